The van der Waals surface area contributed by atoms with Gasteiger partial charge in [-0.3, -0.25) is 19.1 Å². The molecule has 0 fully saturated rings. The van der Waals surface area contributed by atoms with Crippen molar-refractivity contribution in [3.63, 3.8) is 0 Å². The van der Waals surface area contributed by atoms with Gasteiger partial charge in [-0.1, -0.05) is 66.4 Å². The molecule has 7 nitrogen and oxygen atoms in total. The molecule has 2 heterocycles. The number of benzene rings is 3. The van der Waals surface area contributed by atoms with Crippen molar-refractivity contribution in [2.45, 2.75) is 30.7 Å². The fourth-order valence-electron chi connectivity index (χ4n) is 4.15. The molecule has 0 radical (unpaired) electrons. The van der Waals surface area contributed by atoms with Crippen LogP contribution in [0.1, 0.15) is 23.9 Å². The topological polar surface area (TPSA) is 80.1 Å². The molecule has 2 amide bonds. The van der Waals surface area contributed by atoms with Gasteiger partial charge in [0.1, 0.15) is 12.4 Å². The lowest BCUT2D eigenvalue weighted by molar-refractivity contribution is -0.121. The molecule has 1 aliphatic rings. The maximum Gasteiger partial charge on any atom is 0.244 e. The zero-order chi connectivity index (χ0) is 24.4. The summed E-state index contributed by atoms with van der Waals surface area (Å²) in [5.74, 6) is 0.440. The number of para-hydroxylation sites is 2. The summed E-state index contributed by atoms with van der Waals surface area (Å²) in [5.41, 5.74) is 4.55. The highest BCUT2D eigenvalue weighted by molar-refractivity contribution is 8.00. The van der Waals surface area contributed by atoms with Crippen molar-refractivity contribution in [2.24, 2.45) is 0 Å². The van der Waals surface area contributed by atoms with E-state index in [9.17, 15) is 9.59 Å². The quantitative estimate of drug-likeness (QED) is 0.405. The van der Waals surface area contributed by atoms with E-state index in [0.717, 1.165) is 22.6 Å². The van der Waals surface area contributed by atoms with Crippen molar-refractivity contribution in [2.75, 3.05) is 16.8 Å². The predicted octanol–water partition coefficient (Wildman–Crippen LogP) is 4.63. The minimum Gasteiger partial charge on any atom is -0.323 e. The average Bonchev–Trinajstić information content (AvgIpc) is 3.25. The van der Waals surface area contributed by atoms with E-state index < -0.39 is 5.25 Å². The van der Waals surface area contributed by atoms with Gasteiger partial charge in [-0.05, 0) is 49.2 Å². The van der Waals surface area contributed by atoms with E-state index in [2.05, 4.69) is 33.7 Å². The van der Waals surface area contributed by atoms with Gasteiger partial charge < -0.3 is 5.32 Å². The molecule has 176 valence electrons. The lowest BCUT2D eigenvalue weighted by Crippen LogP contribution is -2.45. The van der Waals surface area contributed by atoms with E-state index in [1.807, 2.05) is 73.0 Å². The second kappa shape index (κ2) is 9.76. The van der Waals surface area contributed by atoms with Gasteiger partial charge in [0.05, 0.1) is 16.6 Å². The maximum absolute atomic E-state index is 13.5. The summed E-state index contributed by atoms with van der Waals surface area (Å²) >= 11 is 1.35. The second-order valence-corrected chi connectivity index (χ2v) is 9.79. The van der Waals surface area contributed by atoms with E-state index in [-0.39, 0.29) is 18.4 Å². The van der Waals surface area contributed by atoms with Gasteiger partial charge in [0.25, 0.3) is 0 Å². The Labute approximate surface area is 208 Å². The van der Waals surface area contributed by atoms with Crippen molar-refractivity contribution >= 4 is 35.0 Å². The predicted molar refractivity (Wildman–Crippen MR) is 138 cm³/mol. The van der Waals surface area contributed by atoms with Crippen molar-refractivity contribution in [1.29, 1.82) is 0 Å². The van der Waals surface area contributed by atoms with E-state index in [0.29, 0.717) is 23.0 Å². The van der Waals surface area contributed by atoms with Gasteiger partial charge in [-0.25, -0.2) is 0 Å². The Balaban J connectivity index is 1.46. The minimum atomic E-state index is -0.480. The molecule has 1 N–H and O–H groups in total. The fraction of sp³-hybridized carbons (Fsp3) is 0.185. The normalized spacial score (nSPS) is 13.8. The van der Waals surface area contributed by atoms with Crippen LogP contribution < -0.4 is 10.2 Å². The Hall–Kier alpha value is -3.91. The SMILES string of the molecule is Cc1cccc(-n2c(Cc3ccccc3)nnc2S[C@H](C)C(=O)N2CC(=O)Nc3ccccc32)c1. The highest BCUT2D eigenvalue weighted by atomic mass is 32.2. The van der Waals surface area contributed by atoms with Crippen LogP contribution in [0.15, 0.2) is 84.0 Å². The zero-order valence-corrected chi connectivity index (χ0v) is 20.3. The van der Waals surface area contributed by atoms with E-state index in [1.54, 1.807) is 11.0 Å². The van der Waals surface area contributed by atoms with Crippen LogP contribution in [-0.2, 0) is 16.0 Å². The van der Waals surface area contributed by atoms with Gasteiger partial charge in [0, 0.05) is 12.1 Å². The first-order chi connectivity index (χ1) is 17.0. The van der Waals surface area contributed by atoms with Crippen LogP contribution in [0, 0.1) is 6.92 Å². The van der Waals surface area contributed by atoms with E-state index in [4.69, 9.17) is 0 Å². The molecule has 35 heavy (non-hydrogen) atoms. The highest BCUT2D eigenvalue weighted by Crippen LogP contribution is 2.33. The van der Waals surface area contributed by atoms with E-state index >= 15 is 0 Å². The molecule has 4 aromatic rings. The first-order valence-corrected chi connectivity index (χ1v) is 12.3. The molecule has 0 aliphatic carbocycles. The number of thioether (sulfide) groups is 1. The van der Waals surface area contributed by atoms with E-state index in [1.165, 1.54) is 11.8 Å². The van der Waals surface area contributed by atoms with Crippen LogP contribution >= 0.6 is 11.8 Å². The molecule has 0 saturated heterocycles. The number of nitrogens with one attached hydrogen (secondary N) is 1. The number of hydrogen-bond donors (Lipinski definition) is 1. The molecule has 3 aromatic carbocycles. The molecule has 0 spiro atoms. The molecular formula is C27H25N5O2S. The minimum absolute atomic E-state index is 0.00935. The van der Waals surface area contributed by atoms with Crippen molar-refractivity contribution in [3.8, 4) is 5.69 Å². The van der Waals surface area contributed by atoms with Crippen molar-refractivity contribution < 1.29 is 9.59 Å². The first kappa shape index (κ1) is 22.9. The smallest absolute Gasteiger partial charge is 0.244 e. The number of fused-ring (bicyclic) bond motifs is 1. The Kier molecular flexibility index (Phi) is 6.37. The number of aromatic nitrogens is 3. The largest absolute Gasteiger partial charge is 0.323 e. The Morgan fingerprint density at radius 1 is 1.03 bits per heavy atom. The summed E-state index contributed by atoms with van der Waals surface area (Å²) in [4.78, 5) is 27.3. The highest BCUT2D eigenvalue weighted by Gasteiger charge is 2.31. The fourth-order valence-corrected chi connectivity index (χ4v) is 5.10. The van der Waals surface area contributed by atoms with Crippen LogP contribution in [0.3, 0.4) is 0 Å². The summed E-state index contributed by atoms with van der Waals surface area (Å²) < 4.78 is 2.02. The van der Waals surface area contributed by atoms with Crippen molar-refractivity contribution in [1.82, 2.24) is 14.8 Å². The van der Waals surface area contributed by atoms with Crippen LogP contribution in [0.4, 0.5) is 11.4 Å². The number of nitrogens with zero attached hydrogens (tertiary/aromatic N) is 4. The Morgan fingerprint density at radius 3 is 2.60 bits per heavy atom. The summed E-state index contributed by atoms with van der Waals surface area (Å²) in [6.07, 6.45) is 0.615. The second-order valence-electron chi connectivity index (χ2n) is 8.49. The zero-order valence-electron chi connectivity index (χ0n) is 19.5. The third kappa shape index (κ3) is 4.83. The standard InChI is InChI=1S/C27H25N5O2S/c1-18-9-8-12-21(15-18)32-24(16-20-10-4-3-5-11-20)29-30-27(32)35-19(2)26(34)31-17-25(33)28-22-13-6-7-14-23(22)31/h3-15,19H,16-17H2,1-2H3,(H,28,33)/t19-/m1/s1. The molecule has 5 rings (SSSR count). The summed E-state index contributed by atoms with van der Waals surface area (Å²) in [6, 6.07) is 25.6. The molecule has 0 saturated carbocycles. The number of hydrogen-bond acceptors (Lipinski definition) is 5. The number of anilines is 2. The molecule has 0 bridgehead atoms. The molecule has 0 unspecified atom stereocenters. The van der Waals surface area contributed by atoms with Gasteiger partial charge >= 0.3 is 0 Å². The van der Waals surface area contributed by atoms with Crippen LogP contribution in [0.5, 0.6) is 0 Å². The van der Waals surface area contributed by atoms with Gasteiger partial charge in [-0.15, -0.1) is 10.2 Å². The molecular weight excluding hydrogens is 458 g/mol. The monoisotopic (exact) mass is 483 g/mol. The lowest BCUT2D eigenvalue weighted by Gasteiger charge is -2.30. The lowest BCUT2D eigenvalue weighted by atomic mass is 10.1. The van der Waals surface area contributed by atoms with Crippen LogP contribution in [-0.4, -0.2) is 38.4 Å². The van der Waals surface area contributed by atoms with Gasteiger partial charge in [-0.2, -0.15) is 0 Å². The molecule has 1 atom stereocenters. The van der Waals surface area contributed by atoms with Crippen LogP contribution in [0.2, 0.25) is 0 Å². The summed E-state index contributed by atoms with van der Waals surface area (Å²) in [7, 11) is 0. The maximum atomic E-state index is 13.5. The Morgan fingerprint density at radius 2 is 1.80 bits per heavy atom. The summed E-state index contributed by atoms with van der Waals surface area (Å²) in [6.45, 7) is 3.88. The molecule has 1 aliphatic heterocycles. The third-order valence-electron chi connectivity index (χ3n) is 5.83. The molecule has 1 aromatic heterocycles. The number of carbonyl (C=O) groups excluding carboxylic acids is 2. The number of aryl methyl sites for hydroxylation is 1. The van der Waals surface area contributed by atoms with Crippen molar-refractivity contribution in [3.05, 3.63) is 95.8 Å². The number of rotatable bonds is 6. The number of carbonyl (C=O) groups is 2. The Bertz CT molecular complexity index is 1390. The number of amides is 2. The molecule has 8 heteroatoms. The first-order valence-electron chi connectivity index (χ1n) is 11.4. The third-order valence-corrected chi connectivity index (χ3v) is 6.86. The average molecular weight is 484 g/mol. The summed E-state index contributed by atoms with van der Waals surface area (Å²) in [5, 5.41) is 12.0. The van der Waals surface area contributed by atoms with Gasteiger partial charge in [0.15, 0.2) is 5.16 Å². The van der Waals surface area contributed by atoms with Gasteiger partial charge in [0.2, 0.25) is 11.8 Å². The van der Waals surface area contributed by atoms with Crippen LogP contribution in [0.25, 0.3) is 5.69 Å².